The number of anilines is 1. The summed E-state index contributed by atoms with van der Waals surface area (Å²) >= 11 is 12.6. The smallest absolute Gasteiger partial charge is 0.368 e. The molecule has 0 saturated carbocycles. The molecule has 2 saturated heterocycles. The highest BCUT2D eigenvalue weighted by molar-refractivity contribution is 6.35. The third kappa shape index (κ3) is 5.76. The van der Waals surface area contributed by atoms with Gasteiger partial charge in [0.05, 0.1) is 5.56 Å². The van der Waals surface area contributed by atoms with E-state index in [4.69, 9.17) is 23.2 Å². The van der Waals surface area contributed by atoms with E-state index in [2.05, 4.69) is 4.90 Å². The van der Waals surface area contributed by atoms with Crippen LogP contribution in [0.3, 0.4) is 0 Å². The van der Waals surface area contributed by atoms with E-state index >= 15 is 0 Å². The Kier molecular flexibility index (Phi) is 7.41. The van der Waals surface area contributed by atoms with Gasteiger partial charge in [0.15, 0.2) is 0 Å². The molecule has 4 nitrogen and oxygen atoms in total. The third-order valence-electron chi connectivity index (χ3n) is 6.51. The van der Waals surface area contributed by atoms with Crippen LogP contribution < -0.4 is 4.90 Å². The molecule has 0 unspecified atom stereocenters. The molecule has 0 atom stereocenters. The lowest BCUT2D eigenvalue weighted by Crippen LogP contribution is -2.51. The Hall–Kier alpha value is -1.96. The van der Waals surface area contributed by atoms with Gasteiger partial charge in [-0.15, -0.1) is 0 Å². The predicted octanol–water partition coefficient (Wildman–Crippen LogP) is 5.57. The number of benzene rings is 2. The van der Waals surface area contributed by atoms with Gasteiger partial charge in [0, 0.05) is 59.9 Å². The largest absolute Gasteiger partial charge is 0.416 e. The van der Waals surface area contributed by atoms with Gasteiger partial charge in [0.25, 0.3) is 0 Å². The maximum Gasteiger partial charge on any atom is 0.416 e. The minimum atomic E-state index is -4.36. The van der Waals surface area contributed by atoms with Gasteiger partial charge >= 0.3 is 6.18 Å². The molecule has 2 aliphatic rings. The molecule has 4 rings (SSSR count). The molecule has 178 valence electrons. The van der Waals surface area contributed by atoms with E-state index in [-0.39, 0.29) is 11.8 Å². The molecule has 0 aliphatic carbocycles. The van der Waals surface area contributed by atoms with Crippen molar-refractivity contribution >= 4 is 34.8 Å². The highest BCUT2D eigenvalue weighted by atomic mass is 35.5. The normalized spacial score (nSPS) is 18.6. The van der Waals surface area contributed by atoms with Gasteiger partial charge in [-0.05, 0) is 56.3 Å². The van der Waals surface area contributed by atoms with Crippen LogP contribution in [0.4, 0.5) is 18.9 Å². The molecule has 9 heteroatoms. The van der Waals surface area contributed by atoms with Crippen molar-refractivity contribution in [2.45, 2.75) is 25.6 Å². The third-order valence-corrected chi connectivity index (χ3v) is 7.22. The Morgan fingerprint density at radius 3 is 2.12 bits per heavy atom. The van der Waals surface area contributed by atoms with E-state index in [1.165, 1.54) is 12.1 Å². The van der Waals surface area contributed by atoms with Crippen molar-refractivity contribution in [2.24, 2.45) is 5.92 Å². The summed E-state index contributed by atoms with van der Waals surface area (Å²) in [6.45, 7) is 4.34. The summed E-state index contributed by atoms with van der Waals surface area (Å²) in [4.78, 5) is 19.1. The Morgan fingerprint density at radius 2 is 1.52 bits per heavy atom. The minimum Gasteiger partial charge on any atom is -0.368 e. The number of rotatable bonds is 4. The average Bonchev–Trinajstić information content (AvgIpc) is 2.81. The highest BCUT2D eigenvalue weighted by Gasteiger charge is 2.33. The Bertz CT molecular complexity index is 965. The van der Waals surface area contributed by atoms with E-state index in [1.807, 2.05) is 28.0 Å². The first kappa shape index (κ1) is 24.2. The summed E-state index contributed by atoms with van der Waals surface area (Å²) < 4.78 is 39.0. The van der Waals surface area contributed by atoms with E-state index in [9.17, 15) is 18.0 Å². The zero-order valence-corrected chi connectivity index (χ0v) is 19.6. The van der Waals surface area contributed by atoms with Crippen LogP contribution in [0, 0.1) is 5.92 Å². The quantitative estimate of drug-likeness (QED) is 0.549. The van der Waals surface area contributed by atoms with Gasteiger partial charge in [0.1, 0.15) is 0 Å². The van der Waals surface area contributed by atoms with Crippen molar-refractivity contribution in [3.05, 3.63) is 63.6 Å². The molecule has 2 aromatic carbocycles. The van der Waals surface area contributed by atoms with E-state index in [0.29, 0.717) is 48.5 Å². The number of halogens is 5. The molecule has 0 aromatic heterocycles. The monoisotopic (exact) mass is 499 g/mol. The van der Waals surface area contributed by atoms with Crippen molar-refractivity contribution in [3.63, 3.8) is 0 Å². The second-order valence-corrected chi connectivity index (χ2v) is 9.43. The summed E-state index contributed by atoms with van der Waals surface area (Å²) in [5.41, 5.74) is 0.808. The Labute approximate surface area is 201 Å². The maximum atomic E-state index is 13.1. The molecule has 33 heavy (non-hydrogen) atoms. The molecule has 2 fully saturated rings. The van der Waals surface area contributed by atoms with Crippen molar-refractivity contribution < 1.29 is 18.0 Å². The molecule has 2 aliphatic heterocycles. The van der Waals surface area contributed by atoms with Crippen LogP contribution in [0.25, 0.3) is 0 Å². The standard InChI is InChI=1S/C24H26Cl2F3N3O/c25-21-5-2-6-22(26)20(21)16-30-9-7-17(8-10-30)23(33)32-13-11-31(12-14-32)19-4-1-3-18(15-19)24(27,28)29/h1-6,15,17H,7-14,16H2. The van der Waals surface area contributed by atoms with E-state index < -0.39 is 11.7 Å². The summed E-state index contributed by atoms with van der Waals surface area (Å²) in [7, 11) is 0. The number of piperidine rings is 1. The van der Waals surface area contributed by atoms with Crippen LogP contribution in [0.2, 0.25) is 10.0 Å². The number of carbonyl (C=O) groups excluding carboxylic acids is 1. The van der Waals surface area contributed by atoms with Gasteiger partial charge < -0.3 is 9.80 Å². The van der Waals surface area contributed by atoms with Crippen LogP contribution in [0.15, 0.2) is 42.5 Å². The zero-order valence-electron chi connectivity index (χ0n) is 18.1. The van der Waals surface area contributed by atoms with Crippen LogP contribution in [-0.2, 0) is 17.5 Å². The average molecular weight is 500 g/mol. The zero-order chi connectivity index (χ0) is 23.6. The van der Waals surface area contributed by atoms with Gasteiger partial charge in [-0.2, -0.15) is 13.2 Å². The molecule has 0 N–H and O–H groups in total. The summed E-state index contributed by atoms with van der Waals surface area (Å²) in [5.74, 6) is 0.122. The molecule has 1 amide bonds. The second-order valence-electron chi connectivity index (χ2n) is 8.61. The number of hydrogen-bond donors (Lipinski definition) is 0. The predicted molar refractivity (Wildman–Crippen MR) is 125 cm³/mol. The molecular formula is C24H26Cl2F3N3O. The van der Waals surface area contributed by atoms with Crippen LogP contribution in [0.5, 0.6) is 0 Å². The van der Waals surface area contributed by atoms with Crippen molar-refractivity contribution in [3.8, 4) is 0 Å². The minimum absolute atomic E-state index is 0.0249. The van der Waals surface area contributed by atoms with Crippen molar-refractivity contribution in [1.82, 2.24) is 9.80 Å². The highest BCUT2D eigenvalue weighted by Crippen LogP contribution is 2.32. The lowest BCUT2D eigenvalue weighted by Gasteiger charge is -2.39. The Morgan fingerprint density at radius 1 is 0.909 bits per heavy atom. The van der Waals surface area contributed by atoms with E-state index in [1.54, 1.807) is 6.07 Å². The number of likely N-dealkylation sites (tertiary alicyclic amines) is 1. The van der Waals surface area contributed by atoms with E-state index in [0.717, 1.165) is 37.6 Å². The first-order valence-corrected chi connectivity index (χ1v) is 11.8. The molecule has 0 bridgehead atoms. The molecule has 2 heterocycles. The number of piperazine rings is 1. The number of amides is 1. The maximum absolute atomic E-state index is 13.1. The molecule has 0 radical (unpaired) electrons. The fourth-order valence-electron chi connectivity index (χ4n) is 4.57. The summed E-state index contributed by atoms with van der Waals surface area (Å²) in [6.07, 6.45) is -2.82. The molecule has 2 aromatic rings. The van der Waals surface area contributed by atoms with Crippen LogP contribution in [-0.4, -0.2) is 55.0 Å². The number of carbonyl (C=O) groups is 1. The van der Waals surface area contributed by atoms with Crippen LogP contribution in [0.1, 0.15) is 24.0 Å². The second kappa shape index (κ2) is 10.1. The SMILES string of the molecule is O=C(C1CCN(Cc2c(Cl)cccc2Cl)CC1)N1CCN(c2cccc(C(F)(F)F)c2)CC1. The van der Waals surface area contributed by atoms with Crippen LogP contribution >= 0.6 is 23.2 Å². The lowest BCUT2D eigenvalue weighted by molar-refractivity contribution is -0.138. The topological polar surface area (TPSA) is 26.8 Å². The van der Waals surface area contributed by atoms with Gasteiger partial charge in [-0.1, -0.05) is 35.3 Å². The van der Waals surface area contributed by atoms with Crippen molar-refractivity contribution in [1.29, 1.82) is 0 Å². The molecular weight excluding hydrogens is 474 g/mol. The fourth-order valence-corrected chi connectivity index (χ4v) is 5.08. The lowest BCUT2D eigenvalue weighted by atomic mass is 9.94. The molecule has 0 spiro atoms. The van der Waals surface area contributed by atoms with Gasteiger partial charge in [0.2, 0.25) is 5.91 Å². The number of nitrogens with zero attached hydrogens (tertiary/aromatic N) is 3. The summed E-state index contributed by atoms with van der Waals surface area (Å²) in [6, 6.07) is 10.9. The van der Waals surface area contributed by atoms with Gasteiger partial charge in [-0.25, -0.2) is 0 Å². The van der Waals surface area contributed by atoms with Gasteiger partial charge in [-0.3, -0.25) is 9.69 Å². The number of hydrogen-bond acceptors (Lipinski definition) is 3. The first-order valence-electron chi connectivity index (χ1n) is 11.1. The first-order chi connectivity index (χ1) is 15.7. The number of alkyl halides is 3. The fraction of sp³-hybridized carbons (Fsp3) is 0.458. The summed E-state index contributed by atoms with van der Waals surface area (Å²) in [5, 5.41) is 1.30. The van der Waals surface area contributed by atoms with Crippen molar-refractivity contribution in [2.75, 3.05) is 44.2 Å². The Balaban J connectivity index is 1.28.